The molecule has 0 saturated carbocycles. The molecule has 94 valence electrons. The molecule has 1 aliphatic rings. The summed E-state index contributed by atoms with van der Waals surface area (Å²) in [6.07, 6.45) is 5.50. The number of nitrogens with two attached hydrogens (primary N) is 1. The van der Waals surface area contributed by atoms with E-state index < -0.39 is 0 Å². The monoisotopic (exact) mass is 236 g/mol. The van der Waals surface area contributed by atoms with Crippen LogP contribution in [0.4, 0.5) is 4.39 Å². The van der Waals surface area contributed by atoms with E-state index >= 15 is 0 Å². The van der Waals surface area contributed by atoms with Crippen LogP contribution in [0.25, 0.3) is 0 Å². The van der Waals surface area contributed by atoms with Crippen LogP contribution in [0.2, 0.25) is 0 Å². The second-order valence-corrected chi connectivity index (χ2v) is 5.00. The molecule has 0 aromatic heterocycles. The predicted molar refractivity (Wildman–Crippen MR) is 68.4 cm³/mol. The summed E-state index contributed by atoms with van der Waals surface area (Å²) >= 11 is 0. The third kappa shape index (κ3) is 3.27. The van der Waals surface area contributed by atoms with Crippen LogP contribution >= 0.6 is 0 Å². The van der Waals surface area contributed by atoms with Crippen molar-refractivity contribution in [3.63, 3.8) is 0 Å². The lowest BCUT2D eigenvalue weighted by molar-refractivity contribution is 0.244. The first-order valence-corrected chi connectivity index (χ1v) is 6.44. The summed E-state index contributed by atoms with van der Waals surface area (Å²) in [5.74, 6) is -0.152. The van der Waals surface area contributed by atoms with Crippen LogP contribution in [-0.4, -0.2) is 18.6 Å². The molecule has 0 radical (unpaired) electrons. The highest BCUT2D eigenvalue weighted by Crippen LogP contribution is 2.23. The zero-order valence-corrected chi connectivity index (χ0v) is 10.2. The zero-order chi connectivity index (χ0) is 12.1. The largest absolute Gasteiger partial charge is 0.329 e. The topological polar surface area (TPSA) is 38.0 Å². The molecule has 1 aromatic rings. The van der Waals surface area contributed by atoms with Gasteiger partial charge in [-0.3, -0.25) is 0 Å². The van der Waals surface area contributed by atoms with Gasteiger partial charge in [-0.1, -0.05) is 18.6 Å². The summed E-state index contributed by atoms with van der Waals surface area (Å²) in [5.41, 5.74) is 7.03. The minimum Gasteiger partial charge on any atom is -0.329 e. The minimum atomic E-state index is -0.152. The van der Waals surface area contributed by atoms with E-state index in [1.54, 1.807) is 12.1 Å². The molecule has 2 nitrogen and oxygen atoms in total. The summed E-state index contributed by atoms with van der Waals surface area (Å²) in [5, 5.41) is 3.55. The molecular formula is C14H21FN2. The molecular weight excluding hydrogens is 215 g/mol. The first-order chi connectivity index (χ1) is 8.24. The van der Waals surface area contributed by atoms with Gasteiger partial charge in [-0.25, -0.2) is 4.39 Å². The molecule has 1 heterocycles. The number of rotatable bonds is 4. The van der Waals surface area contributed by atoms with Gasteiger partial charge in [0.2, 0.25) is 0 Å². The van der Waals surface area contributed by atoms with Crippen molar-refractivity contribution in [1.29, 1.82) is 0 Å². The third-order valence-corrected chi connectivity index (χ3v) is 3.75. The van der Waals surface area contributed by atoms with Crippen LogP contribution in [-0.2, 0) is 6.42 Å². The Labute approximate surface area is 102 Å². The fraction of sp³-hybridized carbons (Fsp3) is 0.571. The summed E-state index contributed by atoms with van der Waals surface area (Å²) in [6.45, 7) is 1.72. The first-order valence-electron chi connectivity index (χ1n) is 6.44. The van der Waals surface area contributed by atoms with Crippen molar-refractivity contribution in [2.75, 3.05) is 13.1 Å². The van der Waals surface area contributed by atoms with Gasteiger partial charge in [0.05, 0.1) is 0 Å². The van der Waals surface area contributed by atoms with Gasteiger partial charge >= 0.3 is 0 Å². The van der Waals surface area contributed by atoms with Crippen molar-refractivity contribution in [2.45, 2.75) is 37.6 Å². The lowest BCUT2D eigenvalue weighted by Gasteiger charge is -2.37. The SMILES string of the molecule is NCC1(CCc2cccc(F)c2)CCCCN1. The van der Waals surface area contributed by atoms with Crippen LogP contribution in [0.1, 0.15) is 31.2 Å². The fourth-order valence-electron chi connectivity index (χ4n) is 2.60. The molecule has 1 saturated heterocycles. The first kappa shape index (κ1) is 12.5. The molecule has 1 aromatic carbocycles. The lowest BCUT2D eigenvalue weighted by Crippen LogP contribution is -2.54. The summed E-state index contributed by atoms with van der Waals surface area (Å²) < 4.78 is 13.1. The van der Waals surface area contributed by atoms with E-state index in [2.05, 4.69) is 5.32 Å². The van der Waals surface area contributed by atoms with Crippen molar-refractivity contribution in [2.24, 2.45) is 5.73 Å². The molecule has 1 atom stereocenters. The Kier molecular flexibility index (Phi) is 4.13. The smallest absolute Gasteiger partial charge is 0.123 e. The Morgan fingerprint density at radius 2 is 2.24 bits per heavy atom. The Bertz CT molecular complexity index is 359. The normalized spacial score (nSPS) is 24.8. The number of hydrogen-bond donors (Lipinski definition) is 2. The van der Waals surface area contributed by atoms with E-state index in [0.717, 1.165) is 31.4 Å². The van der Waals surface area contributed by atoms with Crippen molar-refractivity contribution in [3.8, 4) is 0 Å². The molecule has 2 rings (SSSR count). The Morgan fingerprint density at radius 3 is 2.88 bits per heavy atom. The van der Waals surface area contributed by atoms with E-state index in [9.17, 15) is 4.39 Å². The van der Waals surface area contributed by atoms with Crippen molar-refractivity contribution < 1.29 is 4.39 Å². The minimum absolute atomic E-state index is 0.0740. The summed E-state index contributed by atoms with van der Waals surface area (Å²) in [4.78, 5) is 0. The maximum Gasteiger partial charge on any atom is 0.123 e. The van der Waals surface area contributed by atoms with Crippen LogP contribution in [0.3, 0.4) is 0 Å². The van der Waals surface area contributed by atoms with Gasteiger partial charge in [0.25, 0.3) is 0 Å². The van der Waals surface area contributed by atoms with E-state index in [1.165, 1.54) is 18.9 Å². The number of benzene rings is 1. The number of halogens is 1. The molecule has 1 fully saturated rings. The van der Waals surface area contributed by atoms with Crippen LogP contribution < -0.4 is 11.1 Å². The van der Waals surface area contributed by atoms with E-state index in [-0.39, 0.29) is 11.4 Å². The van der Waals surface area contributed by atoms with Gasteiger partial charge in [-0.05, 0) is 49.9 Å². The van der Waals surface area contributed by atoms with Gasteiger partial charge in [0, 0.05) is 12.1 Å². The standard InChI is InChI=1S/C14H21FN2/c15-13-5-3-4-12(10-13)6-8-14(11-16)7-1-2-9-17-14/h3-5,10,17H,1-2,6-9,11,16H2. The maximum atomic E-state index is 13.1. The highest BCUT2D eigenvalue weighted by Gasteiger charge is 2.29. The van der Waals surface area contributed by atoms with Crippen LogP contribution in [0, 0.1) is 5.82 Å². The van der Waals surface area contributed by atoms with Gasteiger partial charge < -0.3 is 11.1 Å². The van der Waals surface area contributed by atoms with Gasteiger partial charge in [-0.2, -0.15) is 0 Å². The van der Waals surface area contributed by atoms with Crippen molar-refractivity contribution in [3.05, 3.63) is 35.6 Å². The van der Waals surface area contributed by atoms with Crippen LogP contribution in [0.5, 0.6) is 0 Å². The molecule has 17 heavy (non-hydrogen) atoms. The van der Waals surface area contributed by atoms with E-state index in [4.69, 9.17) is 5.73 Å². The number of hydrogen-bond acceptors (Lipinski definition) is 2. The molecule has 0 bridgehead atoms. The third-order valence-electron chi connectivity index (χ3n) is 3.75. The van der Waals surface area contributed by atoms with Gasteiger partial charge in [-0.15, -0.1) is 0 Å². The van der Waals surface area contributed by atoms with E-state index in [1.807, 2.05) is 6.07 Å². The molecule has 3 N–H and O–H groups in total. The van der Waals surface area contributed by atoms with Crippen LogP contribution in [0.15, 0.2) is 24.3 Å². The molecule has 3 heteroatoms. The Morgan fingerprint density at radius 1 is 1.35 bits per heavy atom. The summed E-state index contributed by atoms with van der Waals surface area (Å²) in [7, 11) is 0. The molecule has 0 aliphatic carbocycles. The molecule has 0 spiro atoms. The quantitative estimate of drug-likeness (QED) is 0.841. The maximum absolute atomic E-state index is 13.1. The zero-order valence-electron chi connectivity index (χ0n) is 10.2. The second-order valence-electron chi connectivity index (χ2n) is 5.00. The average molecular weight is 236 g/mol. The fourth-order valence-corrected chi connectivity index (χ4v) is 2.60. The second kappa shape index (κ2) is 5.61. The summed E-state index contributed by atoms with van der Waals surface area (Å²) in [6, 6.07) is 6.86. The van der Waals surface area contributed by atoms with Crippen molar-refractivity contribution in [1.82, 2.24) is 5.32 Å². The molecule has 0 amide bonds. The lowest BCUT2D eigenvalue weighted by atomic mass is 9.83. The van der Waals surface area contributed by atoms with Crippen molar-refractivity contribution >= 4 is 0 Å². The number of nitrogens with one attached hydrogen (secondary N) is 1. The number of aryl methyl sites for hydroxylation is 1. The Hall–Kier alpha value is -0.930. The van der Waals surface area contributed by atoms with Gasteiger partial charge in [0.15, 0.2) is 0 Å². The van der Waals surface area contributed by atoms with E-state index in [0.29, 0.717) is 6.54 Å². The molecule has 1 unspecified atom stereocenters. The predicted octanol–water partition coefficient (Wildman–Crippen LogP) is 2.23. The highest BCUT2D eigenvalue weighted by atomic mass is 19.1. The number of piperidine rings is 1. The van der Waals surface area contributed by atoms with Gasteiger partial charge in [0.1, 0.15) is 5.82 Å². The average Bonchev–Trinajstić information content (AvgIpc) is 2.38. The Balaban J connectivity index is 1.95. The highest BCUT2D eigenvalue weighted by molar-refractivity contribution is 5.17. The molecule has 1 aliphatic heterocycles.